The average molecular weight is 186 g/mol. The maximum absolute atomic E-state index is 12.9. The number of halogens is 2. The summed E-state index contributed by atoms with van der Waals surface area (Å²) in [6.45, 7) is 1.67. The minimum atomic E-state index is -1.38. The summed E-state index contributed by atoms with van der Waals surface area (Å²) in [4.78, 5) is 10.4. The highest BCUT2D eigenvalue weighted by Gasteiger charge is 2.13. The molecule has 0 radical (unpaired) electrons. The molecule has 0 fully saturated rings. The number of aromatic carboxylic acids is 1. The molecule has 0 aliphatic rings. The topological polar surface area (TPSA) is 37.3 Å². The number of carbonyl (C=O) groups is 1. The Morgan fingerprint density at radius 1 is 1.38 bits per heavy atom. The number of carboxylic acid groups (broad SMARTS) is 1. The molecule has 0 saturated carbocycles. The van der Waals surface area contributed by atoms with Crippen LogP contribution < -0.4 is 0 Å². The molecule has 4 heteroatoms. The van der Waals surface area contributed by atoms with Crippen LogP contribution in [0, 0.1) is 11.6 Å². The first-order chi connectivity index (χ1) is 6.06. The number of rotatable bonds is 2. The molecule has 1 aromatic rings. The third-order valence-electron chi connectivity index (χ3n) is 1.75. The SMILES string of the molecule is CCc1cc(C(=O)O)c(F)cc1F. The van der Waals surface area contributed by atoms with E-state index in [9.17, 15) is 13.6 Å². The third kappa shape index (κ3) is 1.83. The van der Waals surface area contributed by atoms with E-state index in [1.165, 1.54) is 0 Å². The van der Waals surface area contributed by atoms with Gasteiger partial charge in [-0.15, -0.1) is 0 Å². The summed E-state index contributed by atoms with van der Waals surface area (Å²) in [5.41, 5.74) is -0.281. The highest BCUT2D eigenvalue weighted by atomic mass is 19.1. The van der Waals surface area contributed by atoms with Crippen molar-refractivity contribution in [3.63, 3.8) is 0 Å². The Bertz CT molecular complexity index is 348. The van der Waals surface area contributed by atoms with Crippen LogP contribution in [0.3, 0.4) is 0 Å². The van der Waals surface area contributed by atoms with E-state index < -0.39 is 23.2 Å². The quantitative estimate of drug-likeness (QED) is 0.768. The monoisotopic (exact) mass is 186 g/mol. The summed E-state index contributed by atoms with van der Waals surface area (Å²) in [6, 6.07) is 1.62. The van der Waals surface area contributed by atoms with Gasteiger partial charge in [-0.1, -0.05) is 6.92 Å². The zero-order chi connectivity index (χ0) is 10.0. The predicted molar refractivity (Wildman–Crippen MR) is 42.7 cm³/mol. The lowest BCUT2D eigenvalue weighted by Gasteiger charge is -2.02. The van der Waals surface area contributed by atoms with E-state index in [0.717, 1.165) is 6.07 Å². The molecule has 0 heterocycles. The van der Waals surface area contributed by atoms with Gasteiger partial charge >= 0.3 is 5.97 Å². The van der Waals surface area contributed by atoms with E-state index in [1.807, 2.05) is 0 Å². The molecule has 1 aromatic carbocycles. The van der Waals surface area contributed by atoms with Crippen molar-refractivity contribution in [2.45, 2.75) is 13.3 Å². The normalized spacial score (nSPS) is 10.1. The van der Waals surface area contributed by atoms with Gasteiger partial charge in [0.15, 0.2) is 0 Å². The van der Waals surface area contributed by atoms with Gasteiger partial charge in [0.25, 0.3) is 0 Å². The fraction of sp³-hybridized carbons (Fsp3) is 0.222. The molecule has 1 rings (SSSR count). The van der Waals surface area contributed by atoms with Crippen molar-refractivity contribution in [1.82, 2.24) is 0 Å². The van der Waals surface area contributed by atoms with Gasteiger partial charge in [0.1, 0.15) is 11.6 Å². The molecule has 0 unspecified atom stereocenters. The molecule has 70 valence electrons. The fourth-order valence-corrected chi connectivity index (χ4v) is 1.03. The molecule has 0 bridgehead atoms. The van der Waals surface area contributed by atoms with Gasteiger partial charge in [-0.3, -0.25) is 0 Å². The second kappa shape index (κ2) is 3.51. The van der Waals surface area contributed by atoms with E-state index in [-0.39, 0.29) is 5.56 Å². The van der Waals surface area contributed by atoms with Crippen molar-refractivity contribution in [1.29, 1.82) is 0 Å². The Kier molecular flexibility index (Phi) is 2.60. The van der Waals surface area contributed by atoms with Crippen LogP contribution in [-0.4, -0.2) is 11.1 Å². The van der Waals surface area contributed by atoms with Gasteiger partial charge in [-0.05, 0) is 18.1 Å². The molecule has 1 N–H and O–H groups in total. The van der Waals surface area contributed by atoms with Crippen LogP contribution in [0.1, 0.15) is 22.8 Å². The lowest BCUT2D eigenvalue weighted by atomic mass is 10.1. The van der Waals surface area contributed by atoms with Crippen LogP contribution in [0.5, 0.6) is 0 Å². The van der Waals surface area contributed by atoms with Crippen LogP contribution in [-0.2, 0) is 6.42 Å². The summed E-state index contributed by atoms with van der Waals surface area (Å²) in [5.74, 6) is -3.13. The van der Waals surface area contributed by atoms with Crippen molar-refractivity contribution in [2.24, 2.45) is 0 Å². The first kappa shape index (κ1) is 9.64. The van der Waals surface area contributed by atoms with E-state index in [1.54, 1.807) is 6.92 Å². The van der Waals surface area contributed by atoms with E-state index in [4.69, 9.17) is 5.11 Å². The largest absolute Gasteiger partial charge is 0.478 e. The van der Waals surface area contributed by atoms with Crippen molar-refractivity contribution in [2.75, 3.05) is 0 Å². The molecule has 2 nitrogen and oxygen atoms in total. The minimum absolute atomic E-state index is 0.207. The number of hydrogen-bond donors (Lipinski definition) is 1. The average Bonchev–Trinajstić information content (AvgIpc) is 2.03. The lowest BCUT2D eigenvalue weighted by molar-refractivity contribution is 0.0691. The van der Waals surface area contributed by atoms with Crippen LogP contribution in [0.4, 0.5) is 8.78 Å². The van der Waals surface area contributed by atoms with Gasteiger partial charge in [-0.25, -0.2) is 13.6 Å². The summed E-state index contributed by atoms with van der Waals surface area (Å²) in [6.07, 6.45) is 0.340. The van der Waals surface area contributed by atoms with E-state index in [2.05, 4.69) is 0 Å². The van der Waals surface area contributed by atoms with Gasteiger partial charge in [0.05, 0.1) is 5.56 Å². The lowest BCUT2D eigenvalue weighted by Crippen LogP contribution is -2.03. The van der Waals surface area contributed by atoms with E-state index >= 15 is 0 Å². The maximum atomic E-state index is 12.9. The Morgan fingerprint density at radius 2 is 2.00 bits per heavy atom. The second-order valence-corrected chi connectivity index (χ2v) is 2.58. The number of carboxylic acids is 1. The molecular weight excluding hydrogens is 178 g/mol. The van der Waals surface area contributed by atoms with Crippen LogP contribution >= 0.6 is 0 Å². The van der Waals surface area contributed by atoms with E-state index in [0.29, 0.717) is 12.5 Å². The fourth-order valence-electron chi connectivity index (χ4n) is 1.03. The Labute approximate surface area is 73.8 Å². The highest BCUT2D eigenvalue weighted by molar-refractivity contribution is 5.88. The minimum Gasteiger partial charge on any atom is -0.478 e. The van der Waals surface area contributed by atoms with Crippen LogP contribution in [0.15, 0.2) is 12.1 Å². The Morgan fingerprint density at radius 3 is 2.46 bits per heavy atom. The summed E-state index contributed by atoms with van der Waals surface area (Å²) < 4.78 is 25.7. The summed E-state index contributed by atoms with van der Waals surface area (Å²) in [5, 5.41) is 8.51. The molecular formula is C9H8F2O2. The zero-order valence-corrected chi connectivity index (χ0v) is 6.97. The molecule has 0 saturated heterocycles. The zero-order valence-electron chi connectivity index (χ0n) is 6.97. The van der Waals surface area contributed by atoms with Crippen molar-refractivity contribution < 1.29 is 18.7 Å². The molecule has 0 aliphatic heterocycles. The van der Waals surface area contributed by atoms with Gasteiger partial charge in [0, 0.05) is 6.07 Å². The summed E-state index contributed by atoms with van der Waals surface area (Å²) in [7, 11) is 0. The molecule has 0 atom stereocenters. The predicted octanol–water partition coefficient (Wildman–Crippen LogP) is 2.23. The number of hydrogen-bond acceptors (Lipinski definition) is 1. The molecule has 0 aromatic heterocycles. The number of benzene rings is 1. The second-order valence-electron chi connectivity index (χ2n) is 2.58. The van der Waals surface area contributed by atoms with Crippen molar-refractivity contribution in [3.05, 3.63) is 34.9 Å². The molecule has 0 aliphatic carbocycles. The Hall–Kier alpha value is -1.45. The first-order valence-electron chi connectivity index (χ1n) is 3.77. The third-order valence-corrected chi connectivity index (χ3v) is 1.75. The van der Waals surface area contributed by atoms with Gasteiger partial charge in [0.2, 0.25) is 0 Å². The standard InChI is InChI=1S/C9H8F2O2/c1-2-5-3-6(9(12)13)8(11)4-7(5)10/h3-4H,2H2,1H3,(H,12,13). The van der Waals surface area contributed by atoms with Crippen molar-refractivity contribution >= 4 is 5.97 Å². The van der Waals surface area contributed by atoms with Gasteiger partial charge < -0.3 is 5.11 Å². The highest BCUT2D eigenvalue weighted by Crippen LogP contribution is 2.15. The summed E-state index contributed by atoms with van der Waals surface area (Å²) >= 11 is 0. The van der Waals surface area contributed by atoms with Crippen LogP contribution in [0.25, 0.3) is 0 Å². The smallest absolute Gasteiger partial charge is 0.338 e. The molecule has 0 amide bonds. The first-order valence-corrected chi connectivity index (χ1v) is 3.77. The van der Waals surface area contributed by atoms with Crippen LogP contribution in [0.2, 0.25) is 0 Å². The molecule has 13 heavy (non-hydrogen) atoms. The molecule has 0 spiro atoms. The Balaban J connectivity index is 3.30. The van der Waals surface area contributed by atoms with Gasteiger partial charge in [-0.2, -0.15) is 0 Å². The number of aryl methyl sites for hydroxylation is 1. The van der Waals surface area contributed by atoms with Crippen molar-refractivity contribution in [3.8, 4) is 0 Å². The maximum Gasteiger partial charge on any atom is 0.338 e.